The van der Waals surface area contributed by atoms with E-state index in [1.165, 1.54) is 6.20 Å². The Bertz CT molecular complexity index is 369. The van der Waals surface area contributed by atoms with Crippen molar-refractivity contribution >= 4 is 0 Å². The van der Waals surface area contributed by atoms with Crippen LogP contribution in [0.1, 0.15) is 37.7 Å². The number of aromatic nitrogens is 2. The van der Waals surface area contributed by atoms with Crippen LogP contribution in [0.25, 0.3) is 0 Å². The summed E-state index contributed by atoms with van der Waals surface area (Å²) in [5.41, 5.74) is -1.02. The molecule has 0 unspecified atom stereocenters. The molecule has 5 heteroatoms. The molecule has 0 atom stereocenters. The Morgan fingerprint density at radius 3 is 2.53 bits per heavy atom. The number of rotatable bonds is 2. The molecule has 1 aliphatic rings. The average molecular weight is 216 g/mol. The van der Waals surface area contributed by atoms with Gasteiger partial charge >= 0.3 is 6.18 Å². The fourth-order valence-corrected chi connectivity index (χ4v) is 1.66. The lowest BCUT2D eigenvalue weighted by Gasteiger charge is -2.12. The van der Waals surface area contributed by atoms with Crippen LogP contribution < -0.4 is 0 Å². The molecule has 82 valence electrons. The number of hydrogen-bond donors (Lipinski definition) is 0. The standard InChI is InChI=1S/C10H11F3N2/c1-2-9(4-5-9)8-14-6-3-7(15-8)10(11,12)13/h3,6H,2,4-5H2,1H3. The summed E-state index contributed by atoms with van der Waals surface area (Å²) in [6, 6.07) is 0.912. The van der Waals surface area contributed by atoms with Crippen LogP contribution in [0.4, 0.5) is 13.2 Å². The Labute approximate surface area is 85.6 Å². The van der Waals surface area contributed by atoms with Gasteiger partial charge in [0.2, 0.25) is 0 Å². The lowest BCUT2D eigenvalue weighted by atomic mass is 10.0. The van der Waals surface area contributed by atoms with Gasteiger partial charge in [0.1, 0.15) is 11.5 Å². The molecule has 0 spiro atoms. The van der Waals surface area contributed by atoms with Crippen molar-refractivity contribution in [3.63, 3.8) is 0 Å². The van der Waals surface area contributed by atoms with Crippen LogP contribution in [0, 0.1) is 0 Å². The Morgan fingerprint density at radius 2 is 2.07 bits per heavy atom. The number of hydrogen-bond acceptors (Lipinski definition) is 2. The molecule has 2 nitrogen and oxygen atoms in total. The maximum absolute atomic E-state index is 12.4. The summed E-state index contributed by atoms with van der Waals surface area (Å²) in [5.74, 6) is 0.347. The zero-order chi connectivity index (χ0) is 11.1. The molecule has 1 fully saturated rings. The van der Waals surface area contributed by atoms with E-state index >= 15 is 0 Å². The number of halogens is 3. The van der Waals surface area contributed by atoms with Crippen LogP contribution in [-0.4, -0.2) is 9.97 Å². The molecule has 0 N–H and O–H groups in total. The predicted molar refractivity (Wildman–Crippen MR) is 48.2 cm³/mol. The largest absolute Gasteiger partial charge is 0.433 e. The van der Waals surface area contributed by atoms with Gasteiger partial charge < -0.3 is 0 Å². The topological polar surface area (TPSA) is 25.8 Å². The first-order valence-electron chi connectivity index (χ1n) is 4.89. The zero-order valence-corrected chi connectivity index (χ0v) is 8.30. The molecule has 0 radical (unpaired) electrons. The van der Waals surface area contributed by atoms with Gasteiger partial charge in [0, 0.05) is 11.6 Å². The first-order chi connectivity index (χ1) is 6.98. The summed E-state index contributed by atoms with van der Waals surface area (Å²) < 4.78 is 37.2. The minimum absolute atomic E-state index is 0.179. The first kappa shape index (κ1) is 10.4. The van der Waals surface area contributed by atoms with Crippen LogP contribution in [0.2, 0.25) is 0 Å². The third-order valence-electron chi connectivity index (χ3n) is 2.95. The van der Waals surface area contributed by atoms with Crippen molar-refractivity contribution in [3.8, 4) is 0 Å². The Balaban J connectivity index is 2.35. The Kier molecular flexibility index (Phi) is 2.20. The van der Waals surface area contributed by atoms with E-state index < -0.39 is 11.9 Å². The normalized spacial score (nSPS) is 18.9. The van der Waals surface area contributed by atoms with Crippen LogP contribution in [-0.2, 0) is 11.6 Å². The highest BCUT2D eigenvalue weighted by molar-refractivity contribution is 5.19. The minimum atomic E-state index is -4.37. The second kappa shape index (κ2) is 3.18. The van der Waals surface area contributed by atoms with E-state index in [1.54, 1.807) is 0 Å². The van der Waals surface area contributed by atoms with E-state index in [0.717, 1.165) is 25.3 Å². The maximum Gasteiger partial charge on any atom is 0.433 e. The highest BCUT2D eigenvalue weighted by Gasteiger charge is 2.46. The summed E-state index contributed by atoms with van der Waals surface area (Å²) in [5, 5.41) is 0. The van der Waals surface area contributed by atoms with Gasteiger partial charge in [-0.25, -0.2) is 9.97 Å². The van der Waals surface area contributed by atoms with Crippen LogP contribution >= 0.6 is 0 Å². The fraction of sp³-hybridized carbons (Fsp3) is 0.600. The predicted octanol–water partition coefficient (Wildman–Crippen LogP) is 2.94. The fourth-order valence-electron chi connectivity index (χ4n) is 1.66. The first-order valence-corrected chi connectivity index (χ1v) is 4.89. The monoisotopic (exact) mass is 216 g/mol. The second-order valence-electron chi connectivity index (χ2n) is 3.90. The van der Waals surface area contributed by atoms with Gasteiger partial charge in [0.15, 0.2) is 0 Å². The molecule has 0 bridgehead atoms. The van der Waals surface area contributed by atoms with Gasteiger partial charge in [-0.3, -0.25) is 0 Å². The SMILES string of the molecule is CCC1(c2nccc(C(F)(F)F)n2)CC1. The molecule has 1 saturated carbocycles. The van der Waals surface area contributed by atoms with Crippen LogP contribution in [0.3, 0.4) is 0 Å². The molecule has 0 saturated heterocycles. The second-order valence-corrected chi connectivity index (χ2v) is 3.90. The lowest BCUT2D eigenvalue weighted by molar-refractivity contribution is -0.141. The van der Waals surface area contributed by atoms with Crippen molar-refractivity contribution < 1.29 is 13.2 Å². The van der Waals surface area contributed by atoms with Gasteiger partial charge in [-0.15, -0.1) is 0 Å². The van der Waals surface area contributed by atoms with Crippen molar-refractivity contribution in [1.82, 2.24) is 9.97 Å². The molecule has 0 amide bonds. The van der Waals surface area contributed by atoms with E-state index in [9.17, 15) is 13.2 Å². The molecular weight excluding hydrogens is 205 g/mol. The van der Waals surface area contributed by atoms with E-state index in [-0.39, 0.29) is 5.41 Å². The molecule has 15 heavy (non-hydrogen) atoms. The number of nitrogens with zero attached hydrogens (tertiary/aromatic N) is 2. The summed E-state index contributed by atoms with van der Waals surface area (Å²) in [6.45, 7) is 1.95. The van der Waals surface area contributed by atoms with E-state index in [4.69, 9.17) is 0 Å². The minimum Gasteiger partial charge on any atom is -0.241 e. The molecule has 1 aromatic rings. The van der Waals surface area contributed by atoms with Crippen molar-refractivity contribution in [1.29, 1.82) is 0 Å². The molecule has 1 heterocycles. The smallest absolute Gasteiger partial charge is 0.241 e. The summed E-state index contributed by atoms with van der Waals surface area (Å²) in [4.78, 5) is 7.56. The van der Waals surface area contributed by atoms with Crippen LogP contribution in [0.15, 0.2) is 12.3 Å². The Hall–Kier alpha value is -1.13. The van der Waals surface area contributed by atoms with Gasteiger partial charge in [-0.2, -0.15) is 13.2 Å². The van der Waals surface area contributed by atoms with Crippen molar-refractivity contribution in [2.45, 2.75) is 37.8 Å². The van der Waals surface area contributed by atoms with Crippen LogP contribution in [0.5, 0.6) is 0 Å². The van der Waals surface area contributed by atoms with Gasteiger partial charge in [0.05, 0.1) is 0 Å². The molecule has 1 aliphatic carbocycles. The van der Waals surface area contributed by atoms with Gasteiger partial charge in [-0.05, 0) is 25.3 Å². The van der Waals surface area contributed by atoms with Crippen molar-refractivity contribution in [3.05, 3.63) is 23.8 Å². The highest BCUT2D eigenvalue weighted by atomic mass is 19.4. The molecule has 1 aromatic heterocycles. The third kappa shape index (κ3) is 1.82. The summed E-state index contributed by atoms with van der Waals surface area (Å²) in [6.07, 6.45) is -0.591. The quantitative estimate of drug-likeness (QED) is 0.759. The van der Waals surface area contributed by atoms with E-state index in [0.29, 0.717) is 5.82 Å². The van der Waals surface area contributed by atoms with Gasteiger partial charge in [0.25, 0.3) is 0 Å². The van der Waals surface area contributed by atoms with Gasteiger partial charge in [-0.1, -0.05) is 6.92 Å². The highest BCUT2D eigenvalue weighted by Crippen LogP contribution is 2.49. The summed E-state index contributed by atoms with van der Waals surface area (Å²) in [7, 11) is 0. The van der Waals surface area contributed by atoms with Crippen molar-refractivity contribution in [2.24, 2.45) is 0 Å². The number of alkyl halides is 3. The van der Waals surface area contributed by atoms with E-state index in [1.807, 2.05) is 6.92 Å². The average Bonchev–Trinajstić information content (AvgIpc) is 2.97. The third-order valence-corrected chi connectivity index (χ3v) is 2.95. The molecular formula is C10H11F3N2. The maximum atomic E-state index is 12.4. The lowest BCUT2D eigenvalue weighted by Crippen LogP contribution is -2.15. The van der Waals surface area contributed by atoms with Crippen molar-refractivity contribution in [2.75, 3.05) is 0 Å². The molecule has 0 aliphatic heterocycles. The molecule has 0 aromatic carbocycles. The van der Waals surface area contributed by atoms with E-state index in [2.05, 4.69) is 9.97 Å². The zero-order valence-electron chi connectivity index (χ0n) is 8.30. The Morgan fingerprint density at radius 1 is 1.40 bits per heavy atom. The molecule has 2 rings (SSSR count). The summed E-state index contributed by atoms with van der Waals surface area (Å²) >= 11 is 0.